The summed E-state index contributed by atoms with van der Waals surface area (Å²) in [5.41, 5.74) is 1.07. The molecule has 0 fully saturated rings. The molecule has 1 amide bonds. The van der Waals surface area contributed by atoms with Gasteiger partial charge in [-0.2, -0.15) is 0 Å². The Morgan fingerprint density at radius 1 is 1.12 bits per heavy atom. The predicted octanol–water partition coefficient (Wildman–Crippen LogP) is 3.99. The average Bonchev–Trinajstić information content (AvgIpc) is 2.63. The van der Waals surface area contributed by atoms with Gasteiger partial charge in [-0.25, -0.2) is 4.79 Å². The normalized spacial score (nSPS) is 11.5. The highest BCUT2D eigenvalue weighted by molar-refractivity contribution is 7.98. The largest absolute Gasteiger partial charge is 0.494 e. The van der Waals surface area contributed by atoms with Crippen molar-refractivity contribution in [2.45, 2.75) is 24.8 Å². The second kappa shape index (κ2) is 9.13. The molecule has 0 aliphatic carbocycles. The summed E-state index contributed by atoms with van der Waals surface area (Å²) in [4.78, 5) is 25.3. The molecule has 0 bridgehead atoms. The van der Waals surface area contributed by atoms with Gasteiger partial charge in [0.05, 0.1) is 12.2 Å². The zero-order chi connectivity index (χ0) is 18.2. The Bertz CT molecular complexity index is 730. The molecule has 0 radical (unpaired) electrons. The molecule has 0 heterocycles. The standard InChI is InChI=1S/C19H21NO4S/c1-4-23-15-11-9-14(10-12-15)20-18(21)13(2)24-19(22)16-7-5-6-8-17(16)25-3/h5-13H,4H2,1-3H3,(H,20,21)/t13-/m0/s1. The van der Waals surface area contributed by atoms with Crippen LogP contribution in [0.2, 0.25) is 0 Å². The molecule has 0 saturated heterocycles. The molecular formula is C19H21NO4S. The summed E-state index contributed by atoms with van der Waals surface area (Å²) in [7, 11) is 0. The summed E-state index contributed by atoms with van der Waals surface area (Å²) in [5, 5.41) is 2.72. The molecule has 0 unspecified atom stereocenters. The van der Waals surface area contributed by atoms with Gasteiger partial charge in [0.2, 0.25) is 0 Å². The van der Waals surface area contributed by atoms with E-state index in [1.165, 1.54) is 11.8 Å². The van der Waals surface area contributed by atoms with Gasteiger partial charge in [0.1, 0.15) is 5.75 Å². The highest BCUT2D eigenvalue weighted by Crippen LogP contribution is 2.21. The Balaban J connectivity index is 1.96. The number of nitrogens with one attached hydrogen (secondary N) is 1. The second-order valence-corrected chi connectivity index (χ2v) is 6.04. The van der Waals surface area contributed by atoms with Crippen molar-refractivity contribution in [2.75, 3.05) is 18.2 Å². The fourth-order valence-electron chi connectivity index (χ4n) is 2.14. The molecule has 2 rings (SSSR count). The summed E-state index contributed by atoms with van der Waals surface area (Å²) >= 11 is 1.45. The van der Waals surface area contributed by atoms with E-state index in [0.717, 1.165) is 10.6 Å². The van der Waals surface area contributed by atoms with Gasteiger partial charge < -0.3 is 14.8 Å². The van der Waals surface area contributed by atoms with Crippen molar-refractivity contribution in [2.24, 2.45) is 0 Å². The van der Waals surface area contributed by atoms with Gasteiger partial charge in [-0.3, -0.25) is 4.79 Å². The average molecular weight is 359 g/mol. The van der Waals surface area contributed by atoms with Gasteiger partial charge in [-0.15, -0.1) is 11.8 Å². The van der Waals surface area contributed by atoms with Crippen molar-refractivity contribution in [1.29, 1.82) is 0 Å². The summed E-state index contributed by atoms with van der Waals surface area (Å²) in [6.45, 7) is 4.03. The van der Waals surface area contributed by atoms with E-state index in [1.54, 1.807) is 43.3 Å². The van der Waals surface area contributed by atoms with Crippen molar-refractivity contribution in [3.63, 3.8) is 0 Å². The molecular weight excluding hydrogens is 338 g/mol. The van der Waals surface area contributed by atoms with E-state index in [-0.39, 0.29) is 5.91 Å². The summed E-state index contributed by atoms with van der Waals surface area (Å²) < 4.78 is 10.6. The van der Waals surface area contributed by atoms with Crippen LogP contribution in [-0.4, -0.2) is 30.8 Å². The molecule has 25 heavy (non-hydrogen) atoms. The molecule has 0 spiro atoms. The highest BCUT2D eigenvalue weighted by Gasteiger charge is 2.20. The lowest BCUT2D eigenvalue weighted by molar-refractivity contribution is -0.123. The molecule has 1 atom stereocenters. The van der Waals surface area contributed by atoms with Crippen LogP contribution in [0.25, 0.3) is 0 Å². The predicted molar refractivity (Wildman–Crippen MR) is 99.3 cm³/mol. The number of benzene rings is 2. The number of esters is 1. The van der Waals surface area contributed by atoms with E-state index in [4.69, 9.17) is 9.47 Å². The maximum absolute atomic E-state index is 12.3. The maximum Gasteiger partial charge on any atom is 0.340 e. The zero-order valence-corrected chi connectivity index (χ0v) is 15.3. The minimum atomic E-state index is -0.908. The molecule has 2 aromatic carbocycles. The first-order valence-corrected chi connectivity index (χ1v) is 9.15. The van der Waals surface area contributed by atoms with Crippen LogP contribution in [-0.2, 0) is 9.53 Å². The van der Waals surface area contributed by atoms with Crippen LogP contribution >= 0.6 is 11.8 Å². The van der Waals surface area contributed by atoms with Gasteiger partial charge in [0, 0.05) is 10.6 Å². The zero-order valence-electron chi connectivity index (χ0n) is 14.4. The van der Waals surface area contributed by atoms with Crippen LogP contribution in [0.3, 0.4) is 0 Å². The maximum atomic E-state index is 12.3. The number of amides is 1. The molecule has 6 heteroatoms. The van der Waals surface area contributed by atoms with Gasteiger partial charge in [0.25, 0.3) is 5.91 Å². The van der Waals surface area contributed by atoms with E-state index in [2.05, 4.69) is 5.32 Å². The van der Waals surface area contributed by atoms with Gasteiger partial charge in [0.15, 0.2) is 6.10 Å². The third kappa shape index (κ3) is 5.26. The minimum Gasteiger partial charge on any atom is -0.494 e. The van der Waals surface area contributed by atoms with Crippen molar-refractivity contribution in [3.05, 3.63) is 54.1 Å². The Morgan fingerprint density at radius 3 is 2.44 bits per heavy atom. The van der Waals surface area contributed by atoms with Gasteiger partial charge in [-0.1, -0.05) is 12.1 Å². The third-order valence-corrected chi connectivity index (χ3v) is 4.21. The van der Waals surface area contributed by atoms with E-state index in [1.807, 2.05) is 25.3 Å². The third-order valence-electron chi connectivity index (χ3n) is 3.41. The summed E-state index contributed by atoms with van der Waals surface area (Å²) in [6, 6.07) is 14.2. The number of carbonyl (C=O) groups excluding carboxylic acids is 2. The first-order chi connectivity index (χ1) is 12.0. The lowest BCUT2D eigenvalue weighted by atomic mass is 10.2. The number of carbonyl (C=O) groups is 2. The van der Waals surface area contributed by atoms with Crippen molar-refractivity contribution in [1.82, 2.24) is 0 Å². The quantitative estimate of drug-likeness (QED) is 0.598. The van der Waals surface area contributed by atoms with E-state index >= 15 is 0 Å². The summed E-state index contributed by atoms with van der Waals surface area (Å²) in [6.07, 6.45) is 0.975. The molecule has 0 aromatic heterocycles. The van der Waals surface area contributed by atoms with Gasteiger partial charge in [-0.05, 0) is 56.5 Å². The molecule has 2 aromatic rings. The Labute approximate surface area is 151 Å². The number of thioether (sulfide) groups is 1. The van der Waals surface area contributed by atoms with Crippen LogP contribution < -0.4 is 10.1 Å². The monoisotopic (exact) mass is 359 g/mol. The number of ether oxygens (including phenoxy) is 2. The van der Waals surface area contributed by atoms with Crippen LogP contribution in [0.5, 0.6) is 5.75 Å². The topological polar surface area (TPSA) is 64.6 Å². The SMILES string of the molecule is CCOc1ccc(NC(=O)[C@H](C)OC(=O)c2ccccc2SC)cc1. The molecule has 5 nitrogen and oxygen atoms in total. The molecule has 132 valence electrons. The minimum absolute atomic E-state index is 0.390. The van der Waals surface area contributed by atoms with Crippen molar-refractivity contribution in [3.8, 4) is 5.75 Å². The highest BCUT2D eigenvalue weighted by atomic mass is 32.2. The lowest BCUT2D eigenvalue weighted by Crippen LogP contribution is -2.30. The first-order valence-electron chi connectivity index (χ1n) is 7.93. The molecule has 0 saturated carbocycles. The molecule has 0 aliphatic heterocycles. The molecule has 1 N–H and O–H groups in total. The fourth-order valence-corrected chi connectivity index (χ4v) is 2.72. The van der Waals surface area contributed by atoms with Crippen molar-refractivity contribution >= 4 is 29.3 Å². The van der Waals surface area contributed by atoms with Crippen molar-refractivity contribution < 1.29 is 19.1 Å². The first kappa shape index (κ1) is 18.9. The summed E-state index contributed by atoms with van der Waals surface area (Å²) in [5.74, 6) is -0.174. The van der Waals surface area contributed by atoms with E-state index in [9.17, 15) is 9.59 Å². The Hall–Kier alpha value is -2.47. The van der Waals surface area contributed by atoms with E-state index < -0.39 is 12.1 Å². The number of anilines is 1. The smallest absolute Gasteiger partial charge is 0.340 e. The van der Waals surface area contributed by atoms with Crippen LogP contribution in [0.4, 0.5) is 5.69 Å². The van der Waals surface area contributed by atoms with Crippen LogP contribution in [0.1, 0.15) is 24.2 Å². The number of rotatable bonds is 7. The van der Waals surface area contributed by atoms with E-state index in [0.29, 0.717) is 17.9 Å². The number of hydrogen-bond acceptors (Lipinski definition) is 5. The number of hydrogen-bond donors (Lipinski definition) is 1. The Kier molecular flexibility index (Phi) is 6.89. The fraction of sp³-hybridized carbons (Fsp3) is 0.263. The van der Waals surface area contributed by atoms with Crippen LogP contribution in [0.15, 0.2) is 53.4 Å². The lowest BCUT2D eigenvalue weighted by Gasteiger charge is -2.15. The molecule has 0 aliphatic rings. The second-order valence-electron chi connectivity index (χ2n) is 5.19. The van der Waals surface area contributed by atoms with Crippen LogP contribution in [0, 0.1) is 0 Å². The Morgan fingerprint density at radius 2 is 1.80 bits per heavy atom. The van der Waals surface area contributed by atoms with Gasteiger partial charge >= 0.3 is 5.97 Å².